The zero-order valence-electron chi connectivity index (χ0n) is 10.5. The molecule has 4 nitrogen and oxygen atoms in total. The van der Waals surface area contributed by atoms with Gasteiger partial charge in [0.1, 0.15) is 0 Å². The molecule has 94 valence electrons. The first-order chi connectivity index (χ1) is 8.75. The van der Waals surface area contributed by atoms with Crippen molar-refractivity contribution in [2.45, 2.75) is 25.3 Å². The van der Waals surface area contributed by atoms with Crippen LogP contribution in [0.4, 0.5) is 0 Å². The molecule has 18 heavy (non-hydrogen) atoms. The molecule has 3 rings (SSSR count). The second-order valence-corrected chi connectivity index (χ2v) is 4.93. The lowest BCUT2D eigenvalue weighted by Gasteiger charge is -2.22. The highest BCUT2D eigenvalue weighted by molar-refractivity contribution is 6.02. The summed E-state index contributed by atoms with van der Waals surface area (Å²) in [6, 6.07) is 5.76. The van der Waals surface area contributed by atoms with Crippen LogP contribution in [0.3, 0.4) is 0 Å². The average molecular weight is 243 g/mol. The smallest absolute Gasteiger partial charge is 0.179 e. The van der Waals surface area contributed by atoms with Gasteiger partial charge in [0.15, 0.2) is 5.78 Å². The topological polar surface area (TPSA) is 46.9 Å². The minimum absolute atomic E-state index is 0.0140. The van der Waals surface area contributed by atoms with Gasteiger partial charge in [0.05, 0.1) is 23.4 Å². The molecule has 0 amide bonds. The molecule has 1 aliphatic rings. The standard InChI is InChI=1S/C14H17N3O/c1-17-9-16-12-8-10(5-6-13(12)17)14(18)11-4-2-3-7-15-11/h5-6,8-9,11,15H,2-4,7H2,1H3. The van der Waals surface area contributed by atoms with Crippen LogP contribution in [0.5, 0.6) is 0 Å². The van der Waals surface area contributed by atoms with E-state index in [2.05, 4.69) is 10.3 Å². The van der Waals surface area contributed by atoms with E-state index in [1.54, 1.807) is 6.33 Å². The molecule has 1 aromatic heterocycles. The number of carbonyl (C=O) groups excluding carboxylic acids is 1. The molecule has 0 aliphatic carbocycles. The lowest BCUT2D eigenvalue weighted by Crippen LogP contribution is -2.40. The van der Waals surface area contributed by atoms with Crippen molar-refractivity contribution in [1.29, 1.82) is 0 Å². The van der Waals surface area contributed by atoms with Crippen molar-refractivity contribution in [2.75, 3.05) is 6.54 Å². The van der Waals surface area contributed by atoms with Crippen LogP contribution in [0.25, 0.3) is 11.0 Å². The number of carbonyl (C=O) groups is 1. The highest BCUT2D eigenvalue weighted by Crippen LogP contribution is 2.17. The lowest BCUT2D eigenvalue weighted by atomic mass is 9.96. The number of hydrogen-bond acceptors (Lipinski definition) is 3. The Morgan fingerprint density at radius 3 is 3.11 bits per heavy atom. The quantitative estimate of drug-likeness (QED) is 0.819. The first-order valence-electron chi connectivity index (χ1n) is 6.44. The van der Waals surface area contributed by atoms with E-state index in [-0.39, 0.29) is 11.8 Å². The lowest BCUT2D eigenvalue weighted by molar-refractivity contribution is 0.0927. The number of ketones is 1. The number of hydrogen-bond donors (Lipinski definition) is 1. The van der Waals surface area contributed by atoms with Gasteiger partial charge in [-0.05, 0) is 37.6 Å². The van der Waals surface area contributed by atoms with Gasteiger partial charge in [-0.2, -0.15) is 0 Å². The van der Waals surface area contributed by atoms with Crippen LogP contribution >= 0.6 is 0 Å². The fourth-order valence-corrected chi connectivity index (χ4v) is 2.57. The van der Waals surface area contributed by atoms with Gasteiger partial charge < -0.3 is 9.88 Å². The summed E-state index contributed by atoms with van der Waals surface area (Å²) in [6.45, 7) is 0.947. The van der Waals surface area contributed by atoms with E-state index in [4.69, 9.17) is 0 Å². The normalized spacial score (nSPS) is 20.2. The Labute approximate surface area is 106 Å². The Bertz CT molecular complexity index is 582. The van der Waals surface area contributed by atoms with Crippen molar-refractivity contribution in [3.63, 3.8) is 0 Å². The molecule has 0 bridgehead atoms. The summed E-state index contributed by atoms with van der Waals surface area (Å²) < 4.78 is 1.96. The highest BCUT2D eigenvalue weighted by atomic mass is 16.1. The number of imidazole rings is 1. The molecular formula is C14H17N3O. The Kier molecular flexibility index (Phi) is 2.88. The average Bonchev–Trinajstić information content (AvgIpc) is 2.80. The van der Waals surface area contributed by atoms with Crippen molar-refractivity contribution < 1.29 is 4.79 Å². The molecule has 2 aromatic rings. The van der Waals surface area contributed by atoms with E-state index in [9.17, 15) is 4.79 Å². The summed E-state index contributed by atoms with van der Waals surface area (Å²) in [6.07, 6.45) is 5.02. The van der Waals surface area contributed by atoms with Gasteiger partial charge >= 0.3 is 0 Å². The fourth-order valence-electron chi connectivity index (χ4n) is 2.57. The first-order valence-corrected chi connectivity index (χ1v) is 6.44. The van der Waals surface area contributed by atoms with E-state index in [0.29, 0.717) is 0 Å². The van der Waals surface area contributed by atoms with E-state index < -0.39 is 0 Å². The van der Waals surface area contributed by atoms with E-state index in [1.165, 1.54) is 6.42 Å². The summed E-state index contributed by atoms with van der Waals surface area (Å²) in [4.78, 5) is 16.6. The summed E-state index contributed by atoms with van der Waals surface area (Å²) in [7, 11) is 1.96. The molecule has 1 atom stereocenters. The predicted octanol–water partition coefficient (Wildman–Crippen LogP) is 1.90. The number of Topliss-reactive ketones (excluding diaryl/α,β-unsaturated/α-hetero) is 1. The maximum Gasteiger partial charge on any atom is 0.179 e. The van der Waals surface area contributed by atoms with Crippen LogP contribution in [0, 0.1) is 0 Å². The maximum absolute atomic E-state index is 12.4. The van der Waals surface area contributed by atoms with Gasteiger partial charge in [-0.1, -0.05) is 6.42 Å². The summed E-state index contributed by atoms with van der Waals surface area (Å²) in [5.41, 5.74) is 2.71. The van der Waals surface area contributed by atoms with Crippen molar-refractivity contribution in [1.82, 2.24) is 14.9 Å². The number of fused-ring (bicyclic) bond motifs is 1. The maximum atomic E-state index is 12.4. The van der Waals surface area contributed by atoms with Crippen LogP contribution in [0.2, 0.25) is 0 Å². The third kappa shape index (κ3) is 1.93. The Balaban J connectivity index is 1.91. The van der Waals surface area contributed by atoms with Gasteiger partial charge in [0, 0.05) is 12.6 Å². The number of rotatable bonds is 2. The molecule has 1 N–H and O–H groups in total. The van der Waals surface area contributed by atoms with Crippen LogP contribution in [0.1, 0.15) is 29.6 Å². The second-order valence-electron chi connectivity index (χ2n) is 4.93. The molecular weight excluding hydrogens is 226 g/mol. The van der Waals surface area contributed by atoms with Crippen LogP contribution in [-0.4, -0.2) is 27.9 Å². The summed E-state index contributed by atoms with van der Waals surface area (Å²) in [5.74, 6) is 0.197. The van der Waals surface area contributed by atoms with Gasteiger partial charge in [0.25, 0.3) is 0 Å². The number of aryl methyl sites for hydroxylation is 1. The number of aromatic nitrogens is 2. The molecule has 2 heterocycles. The largest absolute Gasteiger partial charge is 0.334 e. The first kappa shape index (κ1) is 11.4. The molecule has 1 unspecified atom stereocenters. The third-order valence-corrected chi connectivity index (χ3v) is 3.64. The summed E-state index contributed by atoms with van der Waals surface area (Å²) >= 11 is 0. The molecule has 0 radical (unpaired) electrons. The van der Waals surface area contributed by atoms with Gasteiger partial charge in [0.2, 0.25) is 0 Å². The zero-order chi connectivity index (χ0) is 12.5. The number of piperidine rings is 1. The minimum atomic E-state index is -0.0140. The van der Waals surface area contributed by atoms with E-state index in [0.717, 1.165) is 36.0 Å². The van der Waals surface area contributed by atoms with E-state index in [1.807, 2.05) is 29.8 Å². The molecule has 1 saturated heterocycles. The number of benzene rings is 1. The van der Waals surface area contributed by atoms with Crippen LogP contribution in [0.15, 0.2) is 24.5 Å². The van der Waals surface area contributed by atoms with Crippen molar-refractivity contribution >= 4 is 16.8 Å². The highest BCUT2D eigenvalue weighted by Gasteiger charge is 2.22. The third-order valence-electron chi connectivity index (χ3n) is 3.64. The summed E-state index contributed by atoms with van der Waals surface area (Å²) in [5, 5.41) is 3.30. The zero-order valence-corrected chi connectivity index (χ0v) is 10.5. The second kappa shape index (κ2) is 4.53. The minimum Gasteiger partial charge on any atom is -0.334 e. The number of nitrogens with zero attached hydrogens (tertiary/aromatic N) is 2. The molecule has 1 aliphatic heterocycles. The molecule has 1 aromatic carbocycles. The number of nitrogens with one attached hydrogen (secondary N) is 1. The molecule has 0 spiro atoms. The fraction of sp³-hybridized carbons (Fsp3) is 0.429. The van der Waals surface area contributed by atoms with Gasteiger partial charge in [-0.25, -0.2) is 4.98 Å². The van der Waals surface area contributed by atoms with Gasteiger partial charge in [-0.15, -0.1) is 0 Å². The Morgan fingerprint density at radius 2 is 2.33 bits per heavy atom. The van der Waals surface area contributed by atoms with E-state index >= 15 is 0 Å². The van der Waals surface area contributed by atoms with Crippen molar-refractivity contribution in [2.24, 2.45) is 7.05 Å². The van der Waals surface area contributed by atoms with Crippen LogP contribution < -0.4 is 5.32 Å². The monoisotopic (exact) mass is 243 g/mol. The SMILES string of the molecule is Cn1cnc2cc(C(=O)C3CCCCN3)ccc21. The molecule has 4 heteroatoms. The van der Waals surface area contributed by atoms with Gasteiger partial charge in [-0.3, -0.25) is 4.79 Å². The van der Waals surface area contributed by atoms with Crippen molar-refractivity contribution in [3.05, 3.63) is 30.1 Å². The Hall–Kier alpha value is -1.68. The molecule has 0 saturated carbocycles. The van der Waals surface area contributed by atoms with Crippen LogP contribution in [-0.2, 0) is 7.05 Å². The molecule has 1 fully saturated rings. The Morgan fingerprint density at radius 1 is 1.44 bits per heavy atom. The van der Waals surface area contributed by atoms with Crippen molar-refractivity contribution in [3.8, 4) is 0 Å². The predicted molar refractivity (Wildman–Crippen MR) is 70.7 cm³/mol.